The quantitative estimate of drug-likeness (QED) is 0.843. The van der Waals surface area contributed by atoms with Crippen LogP contribution in [0.4, 0.5) is 0 Å². The lowest BCUT2D eigenvalue weighted by Crippen LogP contribution is -2.19. The van der Waals surface area contributed by atoms with Crippen LogP contribution in [0.1, 0.15) is 11.1 Å². The fourth-order valence-corrected chi connectivity index (χ4v) is 1.94. The molecule has 0 amide bonds. The maximum Gasteiger partial charge on any atom is 0.0357 e. The number of nitrogens with one attached hydrogen (secondary N) is 1. The third kappa shape index (κ3) is 4.91. The molecule has 15 heavy (non-hydrogen) atoms. The highest BCUT2D eigenvalue weighted by molar-refractivity contribution is 9.10. The van der Waals surface area contributed by atoms with Gasteiger partial charge in [0.15, 0.2) is 0 Å². The van der Waals surface area contributed by atoms with Gasteiger partial charge in [0.25, 0.3) is 0 Å². The van der Waals surface area contributed by atoms with Gasteiger partial charge in [0.2, 0.25) is 0 Å². The summed E-state index contributed by atoms with van der Waals surface area (Å²) in [6.45, 7) is 3.72. The van der Waals surface area contributed by atoms with Crippen molar-refractivity contribution in [2.45, 2.75) is 13.5 Å². The van der Waals surface area contributed by atoms with Crippen molar-refractivity contribution in [3.8, 4) is 0 Å². The van der Waals surface area contributed by atoms with Gasteiger partial charge >= 0.3 is 0 Å². The summed E-state index contributed by atoms with van der Waals surface area (Å²) in [6, 6.07) is 6.30. The zero-order valence-corrected chi connectivity index (χ0v) is 11.5. The number of hydrogen-bond acceptors (Lipinski definition) is 2. The number of rotatable bonds is 5. The third-order valence-electron chi connectivity index (χ3n) is 2.12. The lowest BCUT2D eigenvalue weighted by atomic mass is 10.1. The van der Waals surface area contributed by atoms with E-state index in [0.29, 0.717) is 0 Å². The minimum absolute atomic E-state index is 0.702. The highest BCUT2D eigenvalue weighted by Crippen LogP contribution is 2.16. The van der Waals surface area contributed by atoms with Crippen molar-refractivity contribution in [2.24, 2.45) is 0 Å². The fraction of sp³-hybridized carbons (Fsp3) is 0.455. The first-order valence-corrected chi connectivity index (χ1v) is 7.37. The maximum absolute atomic E-state index is 10.8. The average molecular weight is 290 g/mol. The molecule has 0 saturated carbocycles. The van der Waals surface area contributed by atoms with Crippen molar-refractivity contribution in [3.63, 3.8) is 0 Å². The third-order valence-corrected chi connectivity index (χ3v) is 3.79. The Balaban J connectivity index is 2.38. The molecule has 1 aromatic rings. The van der Waals surface area contributed by atoms with Crippen LogP contribution in [-0.2, 0) is 17.3 Å². The summed E-state index contributed by atoms with van der Waals surface area (Å²) >= 11 is 3.47. The second-order valence-electron chi connectivity index (χ2n) is 3.54. The molecule has 0 spiro atoms. The van der Waals surface area contributed by atoms with E-state index in [-0.39, 0.29) is 0 Å². The van der Waals surface area contributed by atoms with E-state index in [9.17, 15) is 4.21 Å². The SMILES string of the molecule is Cc1cc(CNCCS(C)=O)ccc1Br. The molecule has 1 aromatic carbocycles. The molecule has 0 saturated heterocycles. The van der Waals surface area contributed by atoms with Crippen molar-refractivity contribution < 1.29 is 4.21 Å². The highest BCUT2D eigenvalue weighted by atomic mass is 79.9. The Hall–Kier alpha value is -0.190. The average Bonchev–Trinajstić information content (AvgIpc) is 2.18. The van der Waals surface area contributed by atoms with E-state index in [4.69, 9.17) is 0 Å². The van der Waals surface area contributed by atoms with Gasteiger partial charge in [-0.3, -0.25) is 4.21 Å². The Bertz CT molecular complexity index is 354. The summed E-state index contributed by atoms with van der Waals surface area (Å²) in [4.78, 5) is 0. The van der Waals surface area contributed by atoms with Crippen molar-refractivity contribution in [1.29, 1.82) is 0 Å². The summed E-state index contributed by atoms with van der Waals surface area (Å²) in [5, 5.41) is 3.27. The Morgan fingerprint density at radius 1 is 1.47 bits per heavy atom. The second kappa shape index (κ2) is 6.40. The van der Waals surface area contributed by atoms with E-state index in [1.807, 2.05) is 0 Å². The van der Waals surface area contributed by atoms with Gasteiger partial charge in [-0.25, -0.2) is 0 Å². The Labute approximate surface area is 102 Å². The topological polar surface area (TPSA) is 29.1 Å². The van der Waals surface area contributed by atoms with Crippen molar-refractivity contribution >= 4 is 26.7 Å². The van der Waals surface area contributed by atoms with Gasteiger partial charge in [-0.15, -0.1) is 0 Å². The molecule has 1 atom stereocenters. The number of halogens is 1. The van der Waals surface area contributed by atoms with Crippen LogP contribution in [0.5, 0.6) is 0 Å². The molecule has 1 rings (SSSR count). The predicted octanol–water partition coefficient (Wildman–Crippen LogP) is 2.23. The normalized spacial score (nSPS) is 12.7. The van der Waals surface area contributed by atoms with Gasteiger partial charge in [0.05, 0.1) is 0 Å². The lowest BCUT2D eigenvalue weighted by molar-refractivity contribution is 0.676. The zero-order valence-electron chi connectivity index (χ0n) is 9.05. The Morgan fingerprint density at radius 3 is 2.80 bits per heavy atom. The predicted molar refractivity (Wildman–Crippen MR) is 69.5 cm³/mol. The van der Waals surface area contributed by atoms with E-state index in [2.05, 4.69) is 46.4 Å². The van der Waals surface area contributed by atoms with Crippen LogP contribution >= 0.6 is 15.9 Å². The van der Waals surface area contributed by atoms with E-state index in [0.717, 1.165) is 23.3 Å². The Kier molecular flexibility index (Phi) is 5.50. The summed E-state index contributed by atoms with van der Waals surface area (Å²) in [6.07, 6.45) is 1.73. The first-order valence-electron chi connectivity index (χ1n) is 4.85. The summed E-state index contributed by atoms with van der Waals surface area (Å²) in [5.74, 6) is 0.718. The van der Waals surface area contributed by atoms with E-state index in [1.165, 1.54) is 11.1 Å². The number of aryl methyl sites for hydroxylation is 1. The van der Waals surface area contributed by atoms with Gasteiger partial charge in [-0.1, -0.05) is 28.1 Å². The smallest absolute Gasteiger partial charge is 0.0357 e. The lowest BCUT2D eigenvalue weighted by Gasteiger charge is -2.05. The van der Waals surface area contributed by atoms with E-state index in [1.54, 1.807) is 6.26 Å². The van der Waals surface area contributed by atoms with Crippen LogP contribution in [-0.4, -0.2) is 22.8 Å². The molecular weight excluding hydrogens is 274 g/mol. The van der Waals surface area contributed by atoms with Crippen molar-refractivity contribution in [1.82, 2.24) is 5.32 Å². The fourth-order valence-electron chi connectivity index (χ4n) is 1.27. The van der Waals surface area contributed by atoms with Crippen LogP contribution in [0.15, 0.2) is 22.7 Å². The molecule has 0 radical (unpaired) electrons. The van der Waals surface area contributed by atoms with Crippen molar-refractivity contribution in [2.75, 3.05) is 18.6 Å². The molecule has 84 valence electrons. The highest BCUT2D eigenvalue weighted by Gasteiger charge is 1.97. The molecule has 0 fully saturated rings. The summed E-state index contributed by atoms with van der Waals surface area (Å²) in [5.41, 5.74) is 2.51. The van der Waals surface area contributed by atoms with Crippen LogP contribution in [0.3, 0.4) is 0 Å². The molecule has 0 aliphatic heterocycles. The standard InChI is InChI=1S/C11H16BrNOS/c1-9-7-10(3-4-11(9)12)8-13-5-6-15(2)14/h3-4,7,13H,5-6,8H2,1-2H3. The minimum atomic E-state index is -0.702. The largest absolute Gasteiger partial charge is 0.312 e. The van der Waals surface area contributed by atoms with Crippen LogP contribution in [0, 0.1) is 6.92 Å². The van der Waals surface area contributed by atoms with E-state index >= 15 is 0 Å². The molecule has 2 nitrogen and oxygen atoms in total. The zero-order chi connectivity index (χ0) is 11.3. The van der Waals surface area contributed by atoms with Crippen LogP contribution < -0.4 is 5.32 Å². The van der Waals surface area contributed by atoms with Gasteiger partial charge in [-0.05, 0) is 24.1 Å². The number of hydrogen-bond donors (Lipinski definition) is 1. The molecule has 0 aromatic heterocycles. The van der Waals surface area contributed by atoms with Gasteiger partial charge in [0.1, 0.15) is 0 Å². The molecule has 1 unspecified atom stereocenters. The van der Waals surface area contributed by atoms with Crippen LogP contribution in [0.2, 0.25) is 0 Å². The molecule has 1 N–H and O–H groups in total. The molecule has 0 aliphatic carbocycles. The monoisotopic (exact) mass is 289 g/mol. The maximum atomic E-state index is 10.8. The molecule has 0 heterocycles. The first kappa shape index (κ1) is 12.9. The number of benzene rings is 1. The molecule has 0 bridgehead atoms. The minimum Gasteiger partial charge on any atom is -0.312 e. The molecule has 4 heteroatoms. The molecular formula is C11H16BrNOS. The van der Waals surface area contributed by atoms with Gasteiger partial charge < -0.3 is 5.32 Å². The second-order valence-corrected chi connectivity index (χ2v) is 5.95. The van der Waals surface area contributed by atoms with Crippen LogP contribution in [0.25, 0.3) is 0 Å². The summed E-state index contributed by atoms with van der Waals surface area (Å²) in [7, 11) is -0.702. The Morgan fingerprint density at radius 2 is 2.20 bits per heavy atom. The summed E-state index contributed by atoms with van der Waals surface area (Å²) < 4.78 is 12.0. The van der Waals surface area contributed by atoms with Gasteiger partial charge in [-0.2, -0.15) is 0 Å². The van der Waals surface area contributed by atoms with E-state index < -0.39 is 10.8 Å². The molecule has 0 aliphatic rings. The first-order chi connectivity index (χ1) is 7.09. The van der Waals surface area contributed by atoms with Gasteiger partial charge in [0, 0.05) is 40.4 Å². The van der Waals surface area contributed by atoms with Crippen molar-refractivity contribution in [3.05, 3.63) is 33.8 Å².